The van der Waals surface area contributed by atoms with E-state index in [1.807, 2.05) is 16.7 Å². The largest absolute Gasteiger partial charge is 0.416 e. The summed E-state index contributed by atoms with van der Waals surface area (Å²) in [5.41, 5.74) is 8.81. The number of anilines is 2. The third-order valence-corrected chi connectivity index (χ3v) is 6.29. The van der Waals surface area contributed by atoms with Crippen LogP contribution in [-0.4, -0.2) is 39.4 Å². The SMILES string of the molecule is C[C@@H](Nc1nc2nccn2c2ccc(C3=CCN(C)CC3)cc12)c1cc(N)cc(C(F)(F)F)c1. The number of alkyl halides is 3. The molecule has 0 amide bonds. The first-order chi connectivity index (χ1) is 16.2. The average Bonchev–Trinajstić information content (AvgIpc) is 3.27. The number of fused-ring (bicyclic) bond motifs is 3. The molecule has 1 aliphatic heterocycles. The minimum Gasteiger partial charge on any atom is -0.399 e. The molecule has 2 aromatic carbocycles. The van der Waals surface area contributed by atoms with Crippen molar-refractivity contribution in [2.75, 3.05) is 31.2 Å². The summed E-state index contributed by atoms with van der Waals surface area (Å²) < 4.78 is 41.9. The summed E-state index contributed by atoms with van der Waals surface area (Å²) in [7, 11) is 2.09. The Morgan fingerprint density at radius 3 is 2.71 bits per heavy atom. The molecule has 5 rings (SSSR count). The number of hydrogen-bond donors (Lipinski definition) is 2. The highest BCUT2D eigenvalue weighted by Crippen LogP contribution is 2.35. The van der Waals surface area contributed by atoms with Gasteiger partial charge in [-0.05, 0) is 67.4 Å². The van der Waals surface area contributed by atoms with E-state index >= 15 is 0 Å². The van der Waals surface area contributed by atoms with E-state index in [-0.39, 0.29) is 5.69 Å². The number of imidazole rings is 1. The molecular weight excluding hydrogens is 441 g/mol. The summed E-state index contributed by atoms with van der Waals surface area (Å²) in [6.07, 6.45) is 2.23. The van der Waals surface area contributed by atoms with E-state index in [0.717, 1.165) is 48.1 Å². The van der Waals surface area contributed by atoms with Crippen molar-refractivity contribution in [2.45, 2.75) is 25.6 Å². The van der Waals surface area contributed by atoms with Crippen molar-refractivity contribution in [2.24, 2.45) is 0 Å². The Balaban J connectivity index is 1.58. The van der Waals surface area contributed by atoms with Crippen LogP contribution in [0.15, 0.2) is 54.9 Å². The van der Waals surface area contributed by atoms with Crippen molar-refractivity contribution in [1.82, 2.24) is 19.3 Å². The molecule has 0 saturated heterocycles. The van der Waals surface area contributed by atoms with E-state index in [1.165, 1.54) is 5.57 Å². The summed E-state index contributed by atoms with van der Waals surface area (Å²) in [6, 6.07) is 9.38. The second-order valence-corrected chi connectivity index (χ2v) is 8.78. The second-order valence-electron chi connectivity index (χ2n) is 8.78. The lowest BCUT2D eigenvalue weighted by atomic mass is 9.98. The van der Waals surface area contributed by atoms with Gasteiger partial charge in [-0.2, -0.15) is 18.2 Å². The fraction of sp³-hybridized carbons (Fsp3) is 0.280. The molecule has 1 atom stereocenters. The van der Waals surface area contributed by atoms with Gasteiger partial charge in [0.25, 0.3) is 0 Å². The van der Waals surface area contributed by atoms with E-state index < -0.39 is 17.8 Å². The number of nitrogen functional groups attached to an aromatic ring is 1. The maximum atomic E-state index is 13.3. The number of halogens is 3. The molecule has 6 nitrogen and oxygen atoms in total. The minimum atomic E-state index is -4.47. The number of aromatic nitrogens is 3. The maximum absolute atomic E-state index is 13.3. The highest BCUT2D eigenvalue weighted by Gasteiger charge is 2.31. The molecule has 176 valence electrons. The van der Waals surface area contributed by atoms with Crippen LogP contribution in [0.4, 0.5) is 24.7 Å². The van der Waals surface area contributed by atoms with E-state index in [9.17, 15) is 13.2 Å². The number of nitrogens with zero attached hydrogens (tertiary/aromatic N) is 4. The lowest BCUT2D eigenvalue weighted by Crippen LogP contribution is -2.23. The van der Waals surface area contributed by atoms with Gasteiger partial charge in [0.2, 0.25) is 5.78 Å². The topological polar surface area (TPSA) is 71.5 Å². The summed E-state index contributed by atoms with van der Waals surface area (Å²) in [6.45, 7) is 3.68. The molecule has 0 aliphatic carbocycles. The van der Waals surface area contributed by atoms with Gasteiger partial charge in [0.05, 0.1) is 17.1 Å². The molecule has 0 radical (unpaired) electrons. The Hall–Kier alpha value is -3.59. The fourth-order valence-electron chi connectivity index (χ4n) is 4.38. The van der Waals surface area contributed by atoms with Crippen LogP contribution in [0, 0.1) is 0 Å². The zero-order valence-corrected chi connectivity index (χ0v) is 18.9. The third-order valence-electron chi connectivity index (χ3n) is 6.29. The van der Waals surface area contributed by atoms with Gasteiger partial charge in [-0.3, -0.25) is 4.40 Å². The molecule has 3 heterocycles. The first-order valence-electron chi connectivity index (χ1n) is 11.1. The summed E-state index contributed by atoms with van der Waals surface area (Å²) >= 11 is 0. The van der Waals surface area contributed by atoms with Gasteiger partial charge in [-0.15, -0.1) is 0 Å². The van der Waals surface area contributed by atoms with E-state index in [0.29, 0.717) is 17.2 Å². The van der Waals surface area contributed by atoms with E-state index in [4.69, 9.17) is 5.73 Å². The van der Waals surface area contributed by atoms with Crippen LogP contribution in [0.2, 0.25) is 0 Å². The molecular formula is C25H25F3N6. The normalized spacial score (nSPS) is 16.1. The van der Waals surface area contributed by atoms with Crippen molar-refractivity contribution in [3.63, 3.8) is 0 Å². The predicted molar refractivity (Wildman–Crippen MR) is 128 cm³/mol. The van der Waals surface area contributed by atoms with Crippen molar-refractivity contribution < 1.29 is 13.2 Å². The summed E-state index contributed by atoms with van der Waals surface area (Å²) in [5.74, 6) is 1.07. The second kappa shape index (κ2) is 8.32. The molecule has 9 heteroatoms. The quantitative estimate of drug-likeness (QED) is 0.396. The Labute approximate surface area is 194 Å². The number of hydrogen-bond acceptors (Lipinski definition) is 5. The molecule has 0 saturated carbocycles. The Morgan fingerprint density at radius 1 is 1.15 bits per heavy atom. The van der Waals surface area contributed by atoms with Crippen LogP contribution in [-0.2, 0) is 6.18 Å². The van der Waals surface area contributed by atoms with Gasteiger partial charge < -0.3 is 16.0 Å². The fourth-order valence-corrected chi connectivity index (χ4v) is 4.38. The summed E-state index contributed by atoms with van der Waals surface area (Å²) in [5, 5.41) is 4.18. The van der Waals surface area contributed by atoms with Crippen molar-refractivity contribution in [3.05, 3.63) is 71.6 Å². The van der Waals surface area contributed by atoms with Gasteiger partial charge in [-0.25, -0.2) is 4.98 Å². The van der Waals surface area contributed by atoms with Crippen molar-refractivity contribution >= 4 is 33.8 Å². The number of benzene rings is 2. The van der Waals surface area contributed by atoms with Crippen LogP contribution >= 0.6 is 0 Å². The van der Waals surface area contributed by atoms with Gasteiger partial charge in [0.15, 0.2) is 0 Å². The van der Waals surface area contributed by atoms with Crippen LogP contribution in [0.5, 0.6) is 0 Å². The lowest BCUT2D eigenvalue weighted by Gasteiger charge is -2.23. The van der Waals surface area contributed by atoms with Crippen LogP contribution in [0.25, 0.3) is 22.3 Å². The van der Waals surface area contributed by atoms with Gasteiger partial charge in [0.1, 0.15) is 5.82 Å². The van der Waals surface area contributed by atoms with Gasteiger partial charge in [-0.1, -0.05) is 12.1 Å². The van der Waals surface area contributed by atoms with Crippen molar-refractivity contribution in [1.29, 1.82) is 0 Å². The Bertz CT molecular complexity index is 1410. The number of rotatable bonds is 4. The van der Waals surface area contributed by atoms with Gasteiger partial charge >= 0.3 is 6.18 Å². The highest BCUT2D eigenvalue weighted by atomic mass is 19.4. The van der Waals surface area contributed by atoms with Gasteiger partial charge in [0, 0.05) is 36.6 Å². The maximum Gasteiger partial charge on any atom is 0.416 e. The molecule has 34 heavy (non-hydrogen) atoms. The molecule has 1 aliphatic rings. The molecule has 2 aromatic heterocycles. The molecule has 4 aromatic rings. The molecule has 0 bridgehead atoms. The zero-order chi connectivity index (χ0) is 24.0. The van der Waals surface area contributed by atoms with Crippen LogP contribution in [0.3, 0.4) is 0 Å². The molecule has 3 N–H and O–H groups in total. The molecule has 0 unspecified atom stereocenters. The average molecular weight is 467 g/mol. The van der Waals surface area contributed by atoms with E-state index in [1.54, 1.807) is 19.2 Å². The number of nitrogens with one attached hydrogen (secondary N) is 1. The standard InChI is InChI=1S/C25H25F3N6/c1-15(18-11-19(25(26,27)28)14-20(29)12-18)31-23-21-13-17(16-5-8-33(2)9-6-16)3-4-22(21)34-10-7-30-24(34)32-23/h3-5,7,10-15H,6,8-9,29H2,1-2H3,(H,30,31,32)/t15-/m1/s1. The lowest BCUT2D eigenvalue weighted by molar-refractivity contribution is -0.137. The Kier molecular flexibility index (Phi) is 5.44. The first-order valence-corrected chi connectivity index (χ1v) is 11.1. The Morgan fingerprint density at radius 2 is 1.97 bits per heavy atom. The zero-order valence-electron chi connectivity index (χ0n) is 18.9. The molecule has 0 fully saturated rings. The third kappa shape index (κ3) is 4.19. The van der Waals surface area contributed by atoms with E-state index in [2.05, 4.69) is 45.4 Å². The van der Waals surface area contributed by atoms with Crippen LogP contribution < -0.4 is 11.1 Å². The number of likely N-dealkylation sites (N-methyl/N-ethyl adjacent to an activating group) is 1. The smallest absolute Gasteiger partial charge is 0.399 e. The predicted octanol–water partition coefficient (Wildman–Crippen LogP) is 5.38. The first kappa shape index (κ1) is 22.2. The van der Waals surface area contributed by atoms with Crippen molar-refractivity contribution in [3.8, 4) is 0 Å². The molecule has 0 spiro atoms. The minimum absolute atomic E-state index is 0.0662. The number of nitrogens with two attached hydrogens (primary N) is 1. The monoisotopic (exact) mass is 466 g/mol. The van der Waals surface area contributed by atoms with Crippen LogP contribution in [0.1, 0.15) is 36.1 Å². The summed E-state index contributed by atoms with van der Waals surface area (Å²) in [4.78, 5) is 11.3. The highest BCUT2D eigenvalue weighted by molar-refractivity contribution is 5.93.